The second kappa shape index (κ2) is 8.51. The van der Waals surface area contributed by atoms with Gasteiger partial charge in [0.25, 0.3) is 5.91 Å². The number of hydrogen-bond donors (Lipinski definition) is 1. The molecule has 2 rings (SSSR count). The van der Waals surface area contributed by atoms with Gasteiger partial charge in [-0.15, -0.1) is 0 Å². The Kier molecular flexibility index (Phi) is 6.66. The van der Waals surface area contributed by atoms with E-state index in [0.29, 0.717) is 21.4 Å². The first kappa shape index (κ1) is 18.8. The van der Waals surface area contributed by atoms with Crippen LogP contribution in [-0.2, 0) is 4.79 Å². The fourth-order valence-electron chi connectivity index (χ4n) is 2.06. The summed E-state index contributed by atoms with van der Waals surface area (Å²) in [6.45, 7) is 3.75. The highest BCUT2D eigenvalue weighted by Crippen LogP contribution is 2.30. The van der Waals surface area contributed by atoms with Crippen LogP contribution in [0.4, 0.5) is 0 Å². The molecule has 0 aromatic heterocycles. The van der Waals surface area contributed by atoms with Crippen molar-refractivity contribution in [1.29, 1.82) is 0 Å². The molecule has 4 nitrogen and oxygen atoms in total. The number of rotatable bonds is 5. The molecule has 0 saturated carbocycles. The average molecular weight is 430 g/mol. The predicted octanol–water partition coefficient (Wildman–Crippen LogP) is 4.90. The van der Waals surface area contributed by atoms with E-state index in [2.05, 4.69) is 26.5 Å². The fourth-order valence-corrected chi connectivity index (χ4v) is 3.34. The summed E-state index contributed by atoms with van der Waals surface area (Å²) in [4.78, 5) is 11.8. The predicted molar refractivity (Wildman–Crippen MR) is 101 cm³/mol. The van der Waals surface area contributed by atoms with Gasteiger partial charge in [-0.25, -0.2) is 5.43 Å². The van der Waals surface area contributed by atoms with Gasteiger partial charge in [-0.05, 0) is 59.1 Å². The van der Waals surface area contributed by atoms with E-state index >= 15 is 0 Å². The molecule has 0 saturated heterocycles. The average Bonchev–Trinajstić information content (AvgIpc) is 2.49. The summed E-state index contributed by atoms with van der Waals surface area (Å²) in [6, 6.07) is 9.03. The summed E-state index contributed by atoms with van der Waals surface area (Å²) >= 11 is 15.5. The summed E-state index contributed by atoms with van der Waals surface area (Å²) in [6.07, 6.45) is 1.40. The minimum atomic E-state index is -0.388. The first-order valence-corrected chi connectivity index (χ1v) is 8.59. The number of hydrogen-bond acceptors (Lipinski definition) is 3. The highest BCUT2D eigenvalue weighted by atomic mass is 79.9. The lowest BCUT2D eigenvalue weighted by molar-refractivity contribution is -0.123. The molecule has 0 radical (unpaired) electrons. The monoisotopic (exact) mass is 428 g/mol. The number of carbonyl (C=O) groups is 1. The molecule has 126 valence electrons. The Hall–Kier alpha value is -1.56. The molecule has 0 heterocycles. The van der Waals surface area contributed by atoms with Crippen molar-refractivity contribution in [2.45, 2.75) is 13.8 Å². The van der Waals surface area contributed by atoms with E-state index in [9.17, 15) is 4.79 Å². The molecule has 0 bridgehead atoms. The van der Waals surface area contributed by atoms with E-state index in [1.165, 1.54) is 6.21 Å². The van der Waals surface area contributed by atoms with Gasteiger partial charge < -0.3 is 4.74 Å². The summed E-state index contributed by atoms with van der Waals surface area (Å²) in [7, 11) is 0. The van der Waals surface area contributed by atoms with Crippen LogP contribution in [0.25, 0.3) is 0 Å². The lowest BCUT2D eigenvalue weighted by Crippen LogP contribution is -2.25. The van der Waals surface area contributed by atoms with Crippen molar-refractivity contribution in [1.82, 2.24) is 5.43 Å². The lowest BCUT2D eigenvalue weighted by Gasteiger charge is -2.11. The molecule has 1 N–H and O–H groups in total. The third-order valence-corrected chi connectivity index (χ3v) is 4.35. The van der Waals surface area contributed by atoms with Crippen LogP contribution in [0.2, 0.25) is 10.0 Å². The van der Waals surface area contributed by atoms with Crippen LogP contribution in [0.15, 0.2) is 39.9 Å². The molecule has 0 fully saturated rings. The van der Waals surface area contributed by atoms with Gasteiger partial charge >= 0.3 is 0 Å². The Morgan fingerprint density at radius 3 is 2.58 bits per heavy atom. The summed E-state index contributed by atoms with van der Waals surface area (Å²) in [5.41, 5.74) is 4.97. The molecule has 0 aliphatic carbocycles. The van der Waals surface area contributed by atoms with E-state index in [1.54, 1.807) is 18.2 Å². The van der Waals surface area contributed by atoms with Crippen molar-refractivity contribution in [3.63, 3.8) is 0 Å². The van der Waals surface area contributed by atoms with E-state index < -0.39 is 0 Å². The Labute approximate surface area is 158 Å². The van der Waals surface area contributed by atoms with Gasteiger partial charge in [0.2, 0.25) is 0 Å². The van der Waals surface area contributed by atoms with Gasteiger partial charge in [0, 0.05) is 5.56 Å². The standard InChI is InChI=1S/C17H15BrCl2N2O2/c1-10-6-11(2)17(13(18)7-10)24-9-16(23)22-21-8-12-14(19)4-3-5-15(12)20/h3-8H,9H2,1-2H3,(H,22,23). The van der Waals surface area contributed by atoms with Gasteiger partial charge in [-0.1, -0.05) is 35.3 Å². The van der Waals surface area contributed by atoms with Crippen LogP contribution < -0.4 is 10.2 Å². The van der Waals surface area contributed by atoms with Gasteiger partial charge in [0.1, 0.15) is 5.75 Å². The van der Waals surface area contributed by atoms with Crippen molar-refractivity contribution in [2.75, 3.05) is 6.61 Å². The Bertz CT molecular complexity index is 751. The Balaban J connectivity index is 1.94. The zero-order valence-electron chi connectivity index (χ0n) is 13.1. The van der Waals surface area contributed by atoms with Crippen LogP contribution in [0, 0.1) is 13.8 Å². The molecule has 1 amide bonds. The smallest absolute Gasteiger partial charge is 0.277 e. The second-order valence-electron chi connectivity index (χ2n) is 5.11. The fraction of sp³-hybridized carbons (Fsp3) is 0.176. The molecule has 0 atom stereocenters. The summed E-state index contributed by atoms with van der Waals surface area (Å²) < 4.78 is 6.35. The Morgan fingerprint density at radius 1 is 1.29 bits per heavy atom. The number of amides is 1. The number of ether oxygens (including phenoxy) is 1. The zero-order chi connectivity index (χ0) is 17.7. The van der Waals surface area contributed by atoms with Gasteiger partial charge in [-0.3, -0.25) is 4.79 Å². The number of carbonyl (C=O) groups excluding carboxylic acids is 1. The molecule has 7 heteroatoms. The third-order valence-electron chi connectivity index (χ3n) is 3.10. The number of aryl methyl sites for hydroxylation is 2. The maximum Gasteiger partial charge on any atom is 0.277 e. The largest absolute Gasteiger partial charge is 0.482 e. The number of halogens is 3. The first-order chi connectivity index (χ1) is 11.4. The minimum Gasteiger partial charge on any atom is -0.482 e. The van der Waals surface area contributed by atoms with Crippen molar-refractivity contribution in [2.24, 2.45) is 5.10 Å². The molecule has 0 spiro atoms. The SMILES string of the molecule is Cc1cc(C)c(OCC(=O)NN=Cc2c(Cl)cccc2Cl)c(Br)c1. The number of nitrogens with one attached hydrogen (secondary N) is 1. The van der Waals surface area contributed by atoms with Crippen LogP contribution in [-0.4, -0.2) is 18.7 Å². The van der Waals surface area contributed by atoms with E-state index in [4.69, 9.17) is 27.9 Å². The summed E-state index contributed by atoms with van der Waals surface area (Å²) in [5, 5.41) is 4.76. The van der Waals surface area contributed by atoms with E-state index in [0.717, 1.165) is 15.6 Å². The third kappa shape index (κ3) is 4.97. The first-order valence-electron chi connectivity index (χ1n) is 7.04. The number of nitrogens with zero attached hydrogens (tertiary/aromatic N) is 1. The molecule has 0 aliphatic heterocycles. The molecule has 24 heavy (non-hydrogen) atoms. The minimum absolute atomic E-state index is 0.157. The van der Waals surface area contributed by atoms with Crippen LogP contribution in [0.3, 0.4) is 0 Å². The number of benzene rings is 2. The van der Waals surface area contributed by atoms with Crippen molar-refractivity contribution < 1.29 is 9.53 Å². The quantitative estimate of drug-likeness (QED) is 0.542. The normalized spacial score (nSPS) is 10.9. The molecule has 2 aromatic rings. The van der Waals surface area contributed by atoms with Gasteiger partial charge in [-0.2, -0.15) is 5.10 Å². The summed E-state index contributed by atoms with van der Waals surface area (Å²) in [5.74, 6) is 0.246. The lowest BCUT2D eigenvalue weighted by atomic mass is 10.1. The van der Waals surface area contributed by atoms with Crippen LogP contribution in [0.5, 0.6) is 5.75 Å². The van der Waals surface area contributed by atoms with Gasteiger partial charge in [0.15, 0.2) is 6.61 Å². The molecule has 0 aliphatic rings. The van der Waals surface area contributed by atoms with Crippen LogP contribution >= 0.6 is 39.1 Å². The Morgan fingerprint density at radius 2 is 1.96 bits per heavy atom. The molecular formula is C17H15BrCl2N2O2. The van der Waals surface area contributed by atoms with Crippen molar-refractivity contribution >= 4 is 51.3 Å². The molecule has 2 aromatic carbocycles. The van der Waals surface area contributed by atoms with Crippen molar-refractivity contribution in [3.8, 4) is 5.75 Å². The molecule has 0 unspecified atom stereocenters. The maximum atomic E-state index is 11.8. The number of hydrazone groups is 1. The van der Waals surface area contributed by atoms with E-state index in [1.807, 2.05) is 26.0 Å². The topological polar surface area (TPSA) is 50.7 Å². The zero-order valence-corrected chi connectivity index (χ0v) is 16.2. The maximum absolute atomic E-state index is 11.8. The molecular weight excluding hydrogens is 415 g/mol. The highest BCUT2D eigenvalue weighted by Gasteiger charge is 2.09. The van der Waals surface area contributed by atoms with Gasteiger partial charge in [0.05, 0.1) is 20.7 Å². The van der Waals surface area contributed by atoms with E-state index in [-0.39, 0.29) is 12.5 Å². The highest BCUT2D eigenvalue weighted by molar-refractivity contribution is 9.10. The van der Waals surface area contributed by atoms with Crippen molar-refractivity contribution in [3.05, 3.63) is 61.5 Å². The second-order valence-corrected chi connectivity index (χ2v) is 6.78. The van der Waals surface area contributed by atoms with Crippen LogP contribution in [0.1, 0.15) is 16.7 Å².